The first-order valence-corrected chi connectivity index (χ1v) is 10.2. The van der Waals surface area contributed by atoms with Crippen molar-refractivity contribution < 1.29 is 9.59 Å². The summed E-state index contributed by atoms with van der Waals surface area (Å²) in [4.78, 5) is 23.8. The molecule has 0 aliphatic carbocycles. The minimum atomic E-state index is -0.593. The third-order valence-electron chi connectivity index (χ3n) is 4.65. The zero-order chi connectivity index (χ0) is 19.2. The van der Waals surface area contributed by atoms with Crippen molar-refractivity contribution in [2.24, 2.45) is 0 Å². The van der Waals surface area contributed by atoms with Crippen LogP contribution in [0.5, 0.6) is 0 Å². The van der Waals surface area contributed by atoms with Crippen molar-refractivity contribution in [2.75, 3.05) is 11.9 Å². The third kappa shape index (κ3) is 9.59. The van der Waals surface area contributed by atoms with E-state index in [2.05, 4.69) is 17.6 Å². The van der Waals surface area contributed by atoms with Gasteiger partial charge in [-0.15, -0.1) is 0 Å². The lowest BCUT2D eigenvalue weighted by atomic mass is 10.1. The Hall–Kier alpha value is -1.84. The molecule has 1 rings (SSSR count). The van der Waals surface area contributed by atoms with Crippen molar-refractivity contribution in [1.29, 1.82) is 0 Å². The predicted molar refractivity (Wildman–Crippen MR) is 109 cm³/mol. The number of hydrogen-bond acceptors (Lipinski definition) is 2. The standard InChI is InChI=1S/C22H36N2O2/c1-4-5-6-7-8-9-10-11-12-13-16-23-21(25)22(26)24-20-15-14-18(2)17-19(20)3/h14-15,17H,4-13,16H2,1-3H3,(H,23,25)(H,24,26). The van der Waals surface area contributed by atoms with Gasteiger partial charge in [0.2, 0.25) is 0 Å². The zero-order valence-corrected chi connectivity index (χ0v) is 16.8. The van der Waals surface area contributed by atoms with Crippen LogP contribution >= 0.6 is 0 Å². The molecule has 0 unspecified atom stereocenters. The Labute approximate surface area is 159 Å². The Morgan fingerprint density at radius 2 is 1.38 bits per heavy atom. The number of nitrogens with one attached hydrogen (secondary N) is 2. The summed E-state index contributed by atoms with van der Waals surface area (Å²) < 4.78 is 0. The fraction of sp³-hybridized carbons (Fsp3) is 0.636. The summed E-state index contributed by atoms with van der Waals surface area (Å²) in [6.07, 6.45) is 12.6. The molecule has 0 aromatic heterocycles. The van der Waals surface area contributed by atoms with E-state index in [1.54, 1.807) is 0 Å². The van der Waals surface area contributed by atoms with Gasteiger partial charge in [0, 0.05) is 12.2 Å². The van der Waals surface area contributed by atoms with Crippen LogP contribution in [0, 0.1) is 13.8 Å². The lowest BCUT2D eigenvalue weighted by Gasteiger charge is -2.09. The minimum Gasteiger partial charge on any atom is -0.348 e. The highest BCUT2D eigenvalue weighted by molar-refractivity contribution is 6.39. The van der Waals surface area contributed by atoms with Crippen molar-refractivity contribution in [3.8, 4) is 0 Å². The van der Waals surface area contributed by atoms with Gasteiger partial charge in [-0.05, 0) is 31.9 Å². The molecule has 0 atom stereocenters. The van der Waals surface area contributed by atoms with Crippen LogP contribution in [0.1, 0.15) is 82.3 Å². The molecule has 4 heteroatoms. The molecule has 0 heterocycles. The number of carbonyl (C=O) groups is 2. The van der Waals surface area contributed by atoms with Gasteiger partial charge in [0.25, 0.3) is 0 Å². The van der Waals surface area contributed by atoms with E-state index in [4.69, 9.17) is 0 Å². The normalized spacial score (nSPS) is 10.6. The summed E-state index contributed by atoms with van der Waals surface area (Å²) in [7, 11) is 0. The highest BCUT2D eigenvalue weighted by Crippen LogP contribution is 2.15. The summed E-state index contributed by atoms with van der Waals surface area (Å²) in [5, 5.41) is 5.38. The number of aryl methyl sites for hydroxylation is 2. The number of benzene rings is 1. The van der Waals surface area contributed by atoms with Crippen LogP contribution in [-0.4, -0.2) is 18.4 Å². The second-order valence-electron chi connectivity index (χ2n) is 7.21. The number of anilines is 1. The first-order chi connectivity index (χ1) is 12.5. The Kier molecular flexibility index (Phi) is 11.4. The second kappa shape index (κ2) is 13.4. The fourth-order valence-corrected chi connectivity index (χ4v) is 3.03. The Bertz CT molecular complexity index is 555. The molecule has 1 aromatic rings. The largest absolute Gasteiger partial charge is 0.348 e. The van der Waals surface area contributed by atoms with Gasteiger partial charge in [-0.2, -0.15) is 0 Å². The molecule has 0 spiro atoms. The summed E-state index contributed by atoms with van der Waals surface area (Å²) in [6.45, 7) is 6.73. The van der Waals surface area contributed by atoms with Gasteiger partial charge in [-0.3, -0.25) is 9.59 Å². The van der Waals surface area contributed by atoms with Crippen molar-refractivity contribution in [2.45, 2.75) is 85.0 Å². The average Bonchev–Trinajstić information content (AvgIpc) is 2.61. The van der Waals surface area contributed by atoms with Crippen LogP contribution in [0.4, 0.5) is 5.69 Å². The van der Waals surface area contributed by atoms with Gasteiger partial charge in [0.1, 0.15) is 0 Å². The summed E-state index contributed by atoms with van der Waals surface area (Å²) >= 11 is 0. The second-order valence-corrected chi connectivity index (χ2v) is 7.21. The molecule has 0 saturated carbocycles. The molecule has 0 radical (unpaired) electrons. The van der Waals surface area contributed by atoms with Crippen LogP contribution in [0.15, 0.2) is 18.2 Å². The van der Waals surface area contributed by atoms with E-state index in [0.29, 0.717) is 12.2 Å². The summed E-state index contributed by atoms with van der Waals surface area (Å²) in [5.74, 6) is -1.15. The third-order valence-corrected chi connectivity index (χ3v) is 4.65. The van der Waals surface area contributed by atoms with Gasteiger partial charge < -0.3 is 10.6 Å². The number of rotatable bonds is 12. The summed E-state index contributed by atoms with van der Waals surface area (Å²) in [5.41, 5.74) is 2.78. The van der Waals surface area contributed by atoms with Gasteiger partial charge in [0.15, 0.2) is 0 Å². The lowest BCUT2D eigenvalue weighted by Crippen LogP contribution is -2.36. The molecule has 0 bridgehead atoms. The molecular formula is C22H36N2O2. The maximum atomic E-state index is 11.9. The molecule has 0 aliphatic heterocycles. The smallest absolute Gasteiger partial charge is 0.313 e. The van der Waals surface area contributed by atoms with Gasteiger partial charge >= 0.3 is 11.8 Å². The van der Waals surface area contributed by atoms with Crippen LogP contribution in [0.2, 0.25) is 0 Å². The maximum Gasteiger partial charge on any atom is 0.313 e. The van der Waals surface area contributed by atoms with Crippen LogP contribution in [-0.2, 0) is 9.59 Å². The molecule has 2 N–H and O–H groups in total. The van der Waals surface area contributed by atoms with Crippen LogP contribution in [0.25, 0.3) is 0 Å². The van der Waals surface area contributed by atoms with E-state index < -0.39 is 11.8 Å². The molecule has 4 nitrogen and oxygen atoms in total. The minimum absolute atomic E-state index is 0.555. The average molecular weight is 361 g/mol. The van der Waals surface area contributed by atoms with E-state index in [1.807, 2.05) is 32.0 Å². The van der Waals surface area contributed by atoms with Crippen molar-refractivity contribution in [1.82, 2.24) is 5.32 Å². The molecule has 1 aromatic carbocycles. The topological polar surface area (TPSA) is 58.2 Å². The van der Waals surface area contributed by atoms with E-state index in [0.717, 1.165) is 24.0 Å². The quantitative estimate of drug-likeness (QED) is 0.393. The summed E-state index contributed by atoms with van der Waals surface area (Å²) in [6, 6.07) is 5.74. The number of unbranched alkanes of at least 4 members (excludes halogenated alkanes) is 9. The Morgan fingerprint density at radius 1 is 0.808 bits per heavy atom. The lowest BCUT2D eigenvalue weighted by molar-refractivity contribution is -0.136. The maximum absolute atomic E-state index is 11.9. The van der Waals surface area contributed by atoms with E-state index in [-0.39, 0.29) is 0 Å². The van der Waals surface area contributed by atoms with Gasteiger partial charge in [-0.25, -0.2) is 0 Å². The molecule has 0 fully saturated rings. The van der Waals surface area contributed by atoms with Gasteiger partial charge in [0.05, 0.1) is 0 Å². The monoisotopic (exact) mass is 360 g/mol. The van der Waals surface area contributed by atoms with Crippen LogP contribution < -0.4 is 10.6 Å². The molecule has 146 valence electrons. The molecule has 26 heavy (non-hydrogen) atoms. The van der Waals surface area contributed by atoms with Crippen molar-refractivity contribution in [3.05, 3.63) is 29.3 Å². The first kappa shape index (κ1) is 22.2. The number of amides is 2. The Morgan fingerprint density at radius 3 is 1.96 bits per heavy atom. The zero-order valence-electron chi connectivity index (χ0n) is 16.8. The first-order valence-electron chi connectivity index (χ1n) is 10.2. The van der Waals surface area contributed by atoms with E-state index in [1.165, 1.54) is 51.4 Å². The highest BCUT2D eigenvalue weighted by atomic mass is 16.2. The van der Waals surface area contributed by atoms with Crippen molar-refractivity contribution in [3.63, 3.8) is 0 Å². The van der Waals surface area contributed by atoms with E-state index >= 15 is 0 Å². The van der Waals surface area contributed by atoms with Crippen molar-refractivity contribution >= 4 is 17.5 Å². The fourth-order valence-electron chi connectivity index (χ4n) is 3.03. The molecule has 2 amide bonds. The molecule has 0 aliphatic rings. The van der Waals surface area contributed by atoms with Crippen LogP contribution in [0.3, 0.4) is 0 Å². The number of hydrogen-bond donors (Lipinski definition) is 2. The SMILES string of the molecule is CCCCCCCCCCCCNC(=O)C(=O)Nc1ccc(C)cc1C. The highest BCUT2D eigenvalue weighted by Gasteiger charge is 2.13. The molecular weight excluding hydrogens is 324 g/mol. The number of carbonyl (C=O) groups excluding carboxylic acids is 2. The molecule has 0 saturated heterocycles. The Balaban J connectivity index is 2.06. The predicted octanol–water partition coefficient (Wildman–Crippen LogP) is 5.28. The van der Waals surface area contributed by atoms with Gasteiger partial charge in [-0.1, -0.05) is 82.4 Å². The van der Waals surface area contributed by atoms with E-state index in [9.17, 15) is 9.59 Å².